The number of aliphatic hydroxyl groups is 1. The van der Waals surface area contributed by atoms with E-state index in [1.54, 1.807) is 25.6 Å². The summed E-state index contributed by atoms with van der Waals surface area (Å²) >= 11 is 1.74. The van der Waals surface area contributed by atoms with Crippen LogP contribution >= 0.6 is 11.8 Å². The lowest BCUT2D eigenvalue weighted by Gasteiger charge is -2.28. The summed E-state index contributed by atoms with van der Waals surface area (Å²) in [5.41, 5.74) is -0.839. The van der Waals surface area contributed by atoms with Gasteiger partial charge in [-0.2, -0.15) is 11.8 Å². The molecule has 0 aromatic carbocycles. The molecule has 3 N–H and O–H groups in total. The molecule has 3 unspecified atom stereocenters. The molecule has 0 fully saturated rings. The number of aliphatic hydroxyl groups excluding tert-OH is 1. The monoisotopic (exact) mass is 291 g/mol. The maximum atomic E-state index is 11.3. The summed E-state index contributed by atoms with van der Waals surface area (Å²) in [5.74, 6) is 0.176. The van der Waals surface area contributed by atoms with Crippen LogP contribution in [0.5, 0.6) is 0 Å². The van der Waals surface area contributed by atoms with Gasteiger partial charge in [0.05, 0.1) is 6.10 Å². The number of carboxylic acids is 1. The van der Waals surface area contributed by atoms with Gasteiger partial charge in [-0.25, -0.2) is 0 Å². The van der Waals surface area contributed by atoms with E-state index in [9.17, 15) is 15.0 Å². The molecule has 0 radical (unpaired) electrons. The first-order chi connectivity index (χ1) is 8.69. The summed E-state index contributed by atoms with van der Waals surface area (Å²) in [5, 5.41) is 22.0. The van der Waals surface area contributed by atoms with Crippen LogP contribution < -0.4 is 5.32 Å². The van der Waals surface area contributed by atoms with Gasteiger partial charge < -0.3 is 10.2 Å². The van der Waals surface area contributed by atoms with Gasteiger partial charge in [-0.05, 0) is 46.3 Å². The molecule has 0 aromatic heterocycles. The fraction of sp³-hybridized carbons (Fsp3) is 0.929. The van der Waals surface area contributed by atoms with E-state index in [1.807, 2.05) is 20.8 Å². The van der Waals surface area contributed by atoms with Gasteiger partial charge >= 0.3 is 5.97 Å². The van der Waals surface area contributed by atoms with Crippen LogP contribution in [0.2, 0.25) is 0 Å². The van der Waals surface area contributed by atoms with Crippen molar-refractivity contribution < 1.29 is 15.0 Å². The highest BCUT2D eigenvalue weighted by Crippen LogP contribution is 2.20. The average Bonchev–Trinajstić information content (AvgIpc) is 2.26. The molecule has 4 nitrogen and oxygen atoms in total. The summed E-state index contributed by atoms with van der Waals surface area (Å²) in [4.78, 5) is 11.3. The van der Waals surface area contributed by atoms with Crippen molar-refractivity contribution in [3.8, 4) is 0 Å². The third-order valence-corrected chi connectivity index (χ3v) is 4.65. The number of unbranched alkanes of at least 4 members (excludes halogenated alkanes) is 1. The average molecular weight is 291 g/mol. The van der Waals surface area contributed by atoms with Gasteiger partial charge in [-0.1, -0.05) is 13.3 Å². The van der Waals surface area contributed by atoms with Gasteiger partial charge in [0.25, 0.3) is 0 Å². The minimum atomic E-state index is -0.839. The van der Waals surface area contributed by atoms with Gasteiger partial charge in [0.15, 0.2) is 0 Å². The highest BCUT2D eigenvalue weighted by atomic mass is 32.2. The van der Waals surface area contributed by atoms with Gasteiger partial charge in [-0.15, -0.1) is 0 Å². The van der Waals surface area contributed by atoms with Crippen LogP contribution in [0, 0.1) is 0 Å². The van der Waals surface area contributed by atoms with E-state index >= 15 is 0 Å². The van der Waals surface area contributed by atoms with Crippen LogP contribution in [0.3, 0.4) is 0 Å². The number of hydrogen-bond acceptors (Lipinski definition) is 4. The van der Waals surface area contributed by atoms with Gasteiger partial charge in [0, 0.05) is 11.3 Å². The Morgan fingerprint density at radius 3 is 2.26 bits per heavy atom. The zero-order valence-electron chi connectivity index (χ0n) is 12.8. The van der Waals surface area contributed by atoms with Gasteiger partial charge in [0.1, 0.15) is 5.54 Å². The van der Waals surface area contributed by atoms with Gasteiger partial charge in [-0.3, -0.25) is 10.1 Å². The number of carbonyl (C=O) groups is 1. The number of carboxylic acid groups (broad SMARTS) is 1. The highest BCUT2D eigenvalue weighted by Gasteiger charge is 2.32. The lowest BCUT2D eigenvalue weighted by molar-refractivity contribution is -0.144. The second-order valence-electron chi connectivity index (χ2n) is 5.71. The largest absolute Gasteiger partial charge is 0.480 e. The van der Waals surface area contributed by atoms with Crippen LogP contribution in [-0.4, -0.2) is 44.9 Å². The third-order valence-electron chi connectivity index (χ3n) is 3.21. The second kappa shape index (κ2) is 8.82. The Bertz CT molecular complexity index is 271. The highest BCUT2D eigenvalue weighted by molar-refractivity contribution is 7.99. The topological polar surface area (TPSA) is 69.6 Å². The van der Waals surface area contributed by atoms with Crippen LogP contribution in [0.15, 0.2) is 0 Å². The van der Waals surface area contributed by atoms with Crippen LogP contribution in [0.4, 0.5) is 0 Å². The minimum absolute atomic E-state index is 0.158. The molecular formula is C14H29NO3S. The van der Waals surface area contributed by atoms with E-state index in [0.29, 0.717) is 6.42 Å². The molecule has 3 atom stereocenters. The molecule has 0 aromatic rings. The lowest BCUT2D eigenvalue weighted by atomic mass is 9.94. The number of hydrogen-bond donors (Lipinski definition) is 3. The summed E-state index contributed by atoms with van der Waals surface area (Å²) in [6, 6.07) is 0.158. The molecule has 0 bridgehead atoms. The smallest absolute Gasteiger partial charge is 0.323 e. The predicted octanol–water partition coefficient (Wildman–Crippen LogP) is 2.50. The zero-order chi connectivity index (χ0) is 15.1. The van der Waals surface area contributed by atoms with Crippen molar-refractivity contribution in [2.24, 2.45) is 0 Å². The quantitative estimate of drug-likeness (QED) is 0.540. The van der Waals surface area contributed by atoms with Crippen LogP contribution in [0.25, 0.3) is 0 Å². The second-order valence-corrected chi connectivity index (χ2v) is 7.20. The van der Waals surface area contributed by atoms with E-state index in [0.717, 1.165) is 18.6 Å². The van der Waals surface area contributed by atoms with Crippen molar-refractivity contribution in [2.75, 3.05) is 5.75 Å². The van der Waals surface area contributed by atoms with Crippen molar-refractivity contribution in [1.82, 2.24) is 5.32 Å². The van der Waals surface area contributed by atoms with Crippen molar-refractivity contribution in [3.63, 3.8) is 0 Å². The maximum absolute atomic E-state index is 11.3. The van der Waals surface area contributed by atoms with Crippen LogP contribution in [-0.2, 0) is 4.79 Å². The van der Waals surface area contributed by atoms with Crippen molar-refractivity contribution >= 4 is 17.7 Å². The fourth-order valence-corrected chi connectivity index (χ4v) is 2.89. The van der Waals surface area contributed by atoms with E-state index in [4.69, 9.17) is 0 Å². The molecule has 0 saturated carbocycles. The normalized spacial score (nSPS) is 18.1. The van der Waals surface area contributed by atoms with Crippen molar-refractivity contribution in [2.45, 2.75) is 76.8 Å². The maximum Gasteiger partial charge on any atom is 0.323 e. The number of nitrogens with one attached hydrogen (secondary N) is 1. The van der Waals surface area contributed by atoms with Crippen LogP contribution in [0.1, 0.15) is 53.9 Å². The molecular weight excluding hydrogens is 262 g/mol. The summed E-state index contributed by atoms with van der Waals surface area (Å²) in [6.45, 7) is 9.48. The Labute approximate surface area is 121 Å². The third kappa shape index (κ3) is 7.80. The molecule has 0 aliphatic heterocycles. The molecule has 0 aliphatic carbocycles. The van der Waals surface area contributed by atoms with E-state index < -0.39 is 11.5 Å². The van der Waals surface area contributed by atoms with E-state index in [1.165, 1.54) is 0 Å². The molecule has 0 heterocycles. The van der Waals surface area contributed by atoms with Crippen molar-refractivity contribution in [1.29, 1.82) is 0 Å². The Kier molecular flexibility index (Phi) is 8.70. The first-order valence-corrected chi connectivity index (χ1v) is 8.04. The molecule has 0 amide bonds. The Hall–Kier alpha value is -0.260. The summed E-state index contributed by atoms with van der Waals surface area (Å²) in [7, 11) is 0. The number of rotatable bonds is 10. The molecule has 19 heavy (non-hydrogen) atoms. The number of thioether (sulfide) groups is 1. The van der Waals surface area contributed by atoms with Gasteiger partial charge in [0.2, 0.25) is 0 Å². The Balaban J connectivity index is 3.98. The molecule has 0 saturated heterocycles. The first-order valence-electron chi connectivity index (χ1n) is 7.00. The SMILES string of the molecule is CC(C)NC(C)(CCCCSC(C)C(C)O)C(=O)O. The Morgan fingerprint density at radius 2 is 1.84 bits per heavy atom. The predicted molar refractivity (Wildman–Crippen MR) is 81.8 cm³/mol. The molecule has 0 spiro atoms. The first kappa shape index (κ1) is 18.7. The standard InChI is InChI=1S/C14H29NO3S/c1-10(2)15-14(5,13(17)18)8-6-7-9-19-12(4)11(3)16/h10-12,15-16H,6-9H2,1-5H3,(H,17,18). The van der Waals surface area contributed by atoms with Crippen molar-refractivity contribution in [3.05, 3.63) is 0 Å². The summed E-state index contributed by atoms with van der Waals surface area (Å²) in [6.07, 6.45) is 2.19. The fourth-order valence-electron chi connectivity index (χ4n) is 1.87. The van der Waals surface area contributed by atoms with E-state index in [-0.39, 0.29) is 17.4 Å². The zero-order valence-corrected chi connectivity index (χ0v) is 13.6. The van der Waals surface area contributed by atoms with E-state index in [2.05, 4.69) is 5.32 Å². The number of aliphatic carboxylic acids is 1. The lowest BCUT2D eigenvalue weighted by Crippen LogP contribution is -2.52. The Morgan fingerprint density at radius 1 is 1.26 bits per heavy atom. The molecule has 5 heteroatoms. The molecule has 114 valence electrons. The molecule has 0 aliphatic rings. The molecule has 0 rings (SSSR count). The summed E-state index contributed by atoms with van der Waals surface area (Å²) < 4.78 is 0. The minimum Gasteiger partial charge on any atom is -0.480 e.